The van der Waals surface area contributed by atoms with Gasteiger partial charge in [-0.2, -0.15) is 0 Å². The van der Waals surface area contributed by atoms with Gasteiger partial charge in [0.15, 0.2) is 0 Å². The minimum absolute atomic E-state index is 0.601. The second-order valence-electron chi connectivity index (χ2n) is 3.22. The lowest BCUT2D eigenvalue weighted by Gasteiger charge is -2.28. The molecule has 1 saturated heterocycles. The lowest BCUT2D eigenvalue weighted by atomic mass is 10.3. The Morgan fingerprint density at radius 3 is 2.71 bits per heavy atom. The minimum atomic E-state index is 0.601. The van der Waals surface area contributed by atoms with Gasteiger partial charge in [0, 0.05) is 32.4 Å². The van der Waals surface area contributed by atoms with E-state index in [0.717, 1.165) is 32.0 Å². The number of aromatic nitrogens is 1. The number of pyridine rings is 1. The zero-order chi connectivity index (χ0) is 9.80. The van der Waals surface area contributed by atoms with Crippen LogP contribution in [0.15, 0.2) is 18.3 Å². The maximum Gasteiger partial charge on any atom is 0.205 e. The van der Waals surface area contributed by atoms with E-state index in [4.69, 9.17) is 6.57 Å². The summed E-state index contributed by atoms with van der Waals surface area (Å²) in [7, 11) is 0. The summed E-state index contributed by atoms with van der Waals surface area (Å²) in [6.45, 7) is 10.8. The molecule has 0 amide bonds. The van der Waals surface area contributed by atoms with Crippen molar-refractivity contribution in [2.24, 2.45) is 0 Å². The van der Waals surface area contributed by atoms with E-state index < -0.39 is 0 Å². The maximum atomic E-state index is 6.82. The number of anilines is 1. The number of piperazine rings is 1. The van der Waals surface area contributed by atoms with E-state index in [1.807, 2.05) is 12.1 Å². The highest BCUT2D eigenvalue weighted by molar-refractivity contribution is 5.49. The number of nitrogens with zero attached hydrogens (tertiary/aromatic N) is 3. The molecule has 0 radical (unpaired) electrons. The summed E-state index contributed by atoms with van der Waals surface area (Å²) in [5, 5.41) is 3.29. The van der Waals surface area contributed by atoms with Crippen LogP contribution in [0.25, 0.3) is 4.85 Å². The van der Waals surface area contributed by atoms with Gasteiger partial charge in [-0.15, -0.1) is 0 Å². The SMILES string of the molecule is [C-]#[N+]c1ccc(N2CCNCC2)nc1. The molecule has 1 fully saturated rings. The van der Waals surface area contributed by atoms with Crippen LogP contribution in [0.3, 0.4) is 0 Å². The third-order valence-electron chi connectivity index (χ3n) is 2.30. The second-order valence-corrected chi connectivity index (χ2v) is 3.22. The summed E-state index contributed by atoms with van der Waals surface area (Å²) in [5.74, 6) is 0.971. The highest BCUT2D eigenvalue weighted by Crippen LogP contribution is 2.16. The Labute approximate surface area is 83.4 Å². The van der Waals surface area contributed by atoms with Crippen LogP contribution >= 0.6 is 0 Å². The average Bonchev–Trinajstić information content (AvgIpc) is 2.30. The quantitative estimate of drug-likeness (QED) is 0.668. The molecule has 1 N–H and O–H groups in total. The molecule has 0 bridgehead atoms. The van der Waals surface area contributed by atoms with Crippen molar-refractivity contribution in [1.29, 1.82) is 0 Å². The molecular weight excluding hydrogens is 176 g/mol. The van der Waals surface area contributed by atoms with Gasteiger partial charge in [-0.1, -0.05) is 6.07 Å². The molecule has 4 heteroatoms. The Balaban J connectivity index is 2.12. The molecule has 14 heavy (non-hydrogen) atoms. The summed E-state index contributed by atoms with van der Waals surface area (Å²) < 4.78 is 0. The van der Waals surface area contributed by atoms with Gasteiger partial charge in [-0.3, -0.25) is 4.98 Å². The first-order valence-corrected chi connectivity index (χ1v) is 4.69. The highest BCUT2D eigenvalue weighted by atomic mass is 15.2. The van der Waals surface area contributed by atoms with E-state index in [-0.39, 0.29) is 0 Å². The summed E-state index contributed by atoms with van der Waals surface area (Å²) in [6.07, 6.45) is 1.63. The van der Waals surface area contributed by atoms with Crippen molar-refractivity contribution in [3.05, 3.63) is 29.7 Å². The van der Waals surface area contributed by atoms with Gasteiger partial charge in [0.25, 0.3) is 0 Å². The van der Waals surface area contributed by atoms with E-state index >= 15 is 0 Å². The Bertz CT molecular complexity index is 332. The average molecular weight is 188 g/mol. The summed E-state index contributed by atoms with van der Waals surface area (Å²) in [5.41, 5.74) is 0.601. The first-order chi connectivity index (χ1) is 6.90. The highest BCUT2D eigenvalue weighted by Gasteiger charge is 2.10. The lowest BCUT2D eigenvalue weighted by Crippen LogP contribution is -2.43. The van der Waals surface area contributed by atoms with Crippen molar-refractivity contribution < 1.29 is 0 Å². The van der Waals surface area contributed by atoms with Gasteiger partial charge >= 0.3 is 0 Å². The molecule has 0 aromatic carbocycles. The van der Waals surface area contributed by atoms with E-state index in [1.165, 1.54) is 0 Å². The van der Waals surface area contributed by atoms with Crippen LogP contribution in [0, 0.1) is 6.57 Å². The molecule has 2 heterocycles. The largest absolute Gasteiger partial charge is 0.354 e. The van der Waals surface area contributed by atoms with E-state index in [2.05, 4.69) is 20.0 Å². The fourth-order valence-corrected chi connectivity index (χ4v) is 1.53. The molecule has 1 aromatic rings. The topological polar surface area (TPSA) is 32.5 Å². The number of hydrogen-bond acceptors (Lipinski definition) is 3. The van der Waals surface area contributed by atoms with Gasteiger partial charge in [-0.05, 0) is 6.07 Å². The monoisotopic (exact) mass is 188 g/mol. The molecule has 2 rings (SSSR count). The minimum Gasteiger partial charge on any atom is -0.354 e. The first-order valence-electron chi connectivity index (χ1n) is 4.69. The predicted octanol–water partition coefficient (Wildman–Crippen LogP) is 1.04. The molecule has 0 saturated carbocycles. The maximum absolute atomic E-state index is 6.82. The van der Waals surface area contributed by atoms with Crippen LogP contribution in [0.1, 0.15) is 0 Å². The van der Waals surface area contributed by atoms with Crippen molar-refractivity contribution in [2.45, 2.75) is 0 Å². The standard InChI is InChI=1S/C10H12N4/c1-11-9-2-3-10(13-8-9)14-6-4-12-5-7-14/h2-3,8,12H,4-7H2. The molecule has 0 unspecified atom stereocenters. The molecule has 4 nitrogen and oxygen atoms in total. The Morgan fingerprint density at radius 2 is 2.14 bits per heavy atom. The van der Waals surface area contributed by atoms with Gasteiger partial charge in [-0.25, -0.2) is 4.85 Å². The normalized spacial score (nSPS) is 16.4. The van der Waals surface area contributed by atoms with Crippen LogP contribution in [-0.2, 0) is 0 Å². The first kappa shape index (κ1) is 8.97. The zero-order valence-corrected chi connectivity index (χ0v) is 7.90. The molecule has 1 aliphatic rings. The van der Waals surface area contributed by atoms with E-state index in [1.54, 1.807) is 6.20 Å². The molecular formula is C10H12N4. The van der Waals surface area contributed by atoms with Crippen LogP contribution < -0.4 is 10.2 Å². The third-order valence-corrected chi connectivity index (χ3v) is 2.30. The number of nitrogens with one attached hydrogen (secondary N) is 1. The Morgan fingerprint density at radius 1 is 1.36 bits per heavy atom. The van der Waals surface area contributed by atoms with E-state index in [0.29, 0.717) is 5.69 Å². The molecule has 1 aliphatic heterocycles. The molecule has 1 aromatic heterocycles. The van der Waals surface area contributed by atoms with Crippen LogP contribution in [0.2, 0.25) is 0 Å². The van der Waals surface area contributed by atoms with Crippen LogP contribution in [0.5, 0.6) is 0 Å². The second kappa shape index (κ2) is 4.07. The van der Waals surface area contributed by atoms with Gasteiger partial charge in [0.1, 0.15) is 5.82 Å². The Hall–Kier alpha value is -1.60. The summed E-state index contributed by atoms with van der Waals surface area (Å²) >= 11 is 0. The van der Waals surface area contributed by atoms with Crippen molar-refractivity contribution in [3.63, 3.8) is 0 Å². The van der Waals surface area contributed by atoms with E-state index in [9.17, 15) is 0 Å². The summed E-state index contributed by atoms with van der Waals surface area (Å²) in [4.78, 5) is 9.80. The van der Waals surface area contributed by atoms with Gasteiger partial charge in [0.05, 0.1) is 6.57 Å². The third kappa shape index (κ3) is 1.83. The van der Waals surface area contributed by atoms with Crippen molar-refractivity contribution in [1.82, 2.24) is 10.3 Å². The molecule has 0 spiro atoms. The predicted molar refractivity (Wildman–Crippen MR) is 55.6 cm³/mol. The van der Waals surface area contributed by atoms with Crippen LogP contribution in [-0.4, -0.2) is 31.2 Å². The zero-order valence-electron chi connectivity index (χ0n) is 7.90. The van der Waals surface area contributed by atoms with Gasteiger partial charge < -0.3 is 10.2 Å². The summed E-state index contributed by atoms with van der Waals surface area (Å²) in [6, 6.07) is 3.73. The van der Waals surface area contributed by atoms with Crippen molar-refractivity contribution >= 4 is 11.5 Å². The Kier molecular flexibility index (Phi) is 2.61. The number of rotatable bonds is 1. The van der Waals surface area contributed by atoms with Gasteiger partial charge in [0.2, 0.25) is 5.69 Å². The molecule has 0 aliphatic carbocycles. The van der Waals surface area contributed by atoms with Crippen molar-refractivity contribution in [3.8, 4) is 0 Å². The lowest BCUT2D eigenvalue weighted by molar-refractivity contribution is 0.585. The number of hydrogen-bond donors (Lipinski definition) is 1. The molecule has 72 valence electrons. The smallest absolute Gasteiger partial charge is 0.205 e. The van der Waals surface area contributed by atoms with Crippen LogP contribution in [0.4, 0.5) is 11.5 Å². The van der Waals surface area contributed by atoms with Crippen molar-refractivity contribution in [2.75, 3.05) is 31.1 Å². The fraction of sp³-hybridized carbons (Fsp3) is 0.400. The molecule has 0 atom stereocenters. The fourth-order valence-electron chi connectivity index (χ4n) is 1.53.